The molecule has 2 rings (SSSR count). The third-order valence-corrected chi connectivity index (χ3v) is 3.86. The molecule has 1 atom stereocenters. The minimum atomic E-state index is 0.150. The van der Waals surface area contributed by atoms with Crippen molar-refractivity contribution in [1.29, 1.82) is 0 Å². The van der Waals surface area contributed by atoms with E-state index in [0.717, 1.165) is 23.5 Å². The lowest BCUT2D eigenvalue weighted by atomic mass is 9.98. The van der Waals surface area contributed by atoms with E-state index in [1.807, 2.05) is 37.4 Å². The average Bonchev–Trinajstić information content (AvgIpc) is 2.53. The molecule has 0 fully saturated rings. The Morgan fingerprint density at radius 2 is 1.62 bits per heavy atom. The Kier molecular flexibility index (Phi) is 5.48. The molecule has 0 amide bonds. The van der Waals surface area contributed by atoms with Crippen LogP contribution in [0.2, 0.25) is 5.02 Å². The number of benzene rings is 2. The van der Waals surface area contributed by atoms with Crippen LogP contribution in [-0.2, 0) is 6.42 Å². The van der Waals surface area contributed by atoms with Crippen LogP contribution in [0.1, 0.15) is 17.2 Å². The summed E-state index contributed by atoms with van der Waals surface area (Å²) in [4.78, 5) is 0. The van der Waals surface area contributed by atoms with Crippen LogP contribution < -0.4 is 14.8 Å². The van der Waals surface area contributed by atoms with E-state index in [1.165, 1.54) is 5.56 Å². The highest BCUT2D eigenvalue weighted by Crippen LogP contribution is 2.29. The fraction of sp³-hybridized carbons (Fsp3) is 0.294. The molecular weight excluding hydrogens is 286 g/mol. The van der Waals surface area contributed by atoms with Gasteiger partial charge < -0.3 is 14.8 Å². The zero-order valence-corrected chi connectivity index (χ0v) is 13.3. The molecule has 0 spiro atoms. The summed E-state index contributed by atoms with van der Waals surface area (Å²) in [5.74, 6) is 1.63. The Balaban J connectivity index is 2.18. The maximum absolute atomic E-state index is 6.36. The summed E-state index contributed by atoms with van der Waals surface area (Å²) in [5, 5.41) is 4.03. The quantitative estimate of drug-likeness (QED) is 0.879. The van der Waals surface area contributed by atoms with Crippen molar-refractivity contribution in [2.75, 3.05) is 21.3 Å². The second kappa shape index (κ2) is 7.34. The van der Waals surface area contributed by atoms with Crippen molar-refractivity contribution in [2.45, 2.75) is 12.5 Å². The second-order valence-electron chi connectivity index (χ2n) is 4.78. The summed E-state index contributed by atoms with van der Waals surface area (Å²) < 4.78 is 10.4. The summed E-state index contributed by atoms with van der Waals surface area (Å²) in [6, 6.07) is 14.0. The van der Waals surface area contributed by atoms with Crippen LogP contribution in [0, 0.1) is 0 Å². The van der Waals surface area contributed by atoms with Gasteiger partial charge in [-0.15, -0.1) is 0 Å². The number of likely N-dealkylation sites (N-methyl/N-ethyl adjacent to an activating group) is 1. The molecule has 2 aromatic rings. The Bertz CT molecular complexity index is 584. The van der Waals surface area contributed by atoms with E-state index in [1.54, 1.807) is 14.2 Å². The zero-order chi connectivity index (χ0) is 15.2. The van der Waals surface area contributed by atoms with Crippen molar-refractivity contribution >= 4 is 11.6 Å². The summed E-state index contributed by atoms with van der Waals surface area (Å²) in [7, 11) is 5.25. The van der Waals surface area contributed by atoms with Crippen LogP contribution in [0.15, 0.2) is 42.5 Å². The third-order valence-electron chi connectivity index (χ3n) is 3.53. The van der Waals surface area contributed by atoms with E-state index in [9.17, 15) is 0 Å². The number of methoxy groups -OCH3 is 2. The van der Waals surface area contributed by atoms with Gasteiger partial charge in [0.15, 0.2) is 0 Å². The van der Waals surface area contributed by atoms with Crippen LogP contribution in [-0.4, -0.2) is 21.3 Å². The SMILES string of the molecule is CNC(Cc1ccc(OC)cc1)c1ccc(OC)cc1Cl. The van der Waals surface area contributed by atoms with Crippen LogP contribution in [0.5, 0.6) is 11.5 Å². The van der Waals surface area contributed by atoms with Crippen molar-refractivity contribution in [3.63, 3.8) is 0 Å². The minimum absolute atomic E-state index is 0.150. The smallest absolute Gasteiger partial charge is 0.120 e. The van der Waals surface area contributed by atoms with Gasteiger partial charge in [-0.25, -0.2) is 0 Å². The first kappa shape index (κ1) is 15.7. The van der Waals surface area contributed by atoms with Crippen LogP contribution in [0.25, 0.3) is 0 Å². The predicted molar refractivity (Wildman–Crippen MR) is 86.5 cm³/mol. The maximum atomic E-state index is 6.36. The summed E-state index contributed by atoms with van der Waals surface area (Å²) in [5.41, 5.74) is 2.29. The number of halogens is 1. The Morgan fingerprint density at radius 1 is 1.00 bits per heavy atom. The Labute approximate surface area is 130 Å². The Morgan fingerprint density at radius 3 is 2.14 bits per heavy atom. The largest absolute Gasteiger partial charge is 0.497 e. The minimum Gasteiger partial charge on any atom is -0.497 e. The first-order valence-corrected chi connectivity index (χ1v) is 7.19. The molecule has 21 heavy (non-hydrogen) atoms. The van der Waals surface area contributed by atoms with Crippen LogP contribution in [0.4, 0.5) is 0 Å². The molecule has 0 aliphatic heterocycles. The van der Waals surface area contributed by atoms with Crippen LogP contribution in [0.3, 0.4) is 0 Å². The van der Waals surface area contributed by atoms with Crippen molar-refractivity contribution in [3.8, 4) is 11.5 Å². The van der Waals surface area contributed by atoms with Crippen molar-refractivity contribution in [1.82, 2.24) is 5.32 Å². The lowest BCUT2D eigenvalue weighted by molar-refractivity contribution is 0.414. The highest BCUT2D eigenvalue weighted by atomic mass is 35.5. The van der Waals surface area contributed by atoms with Crippen molar-refractivity contribution < 1.29 is 9.47 Å². The van der Waals surface area contributed by atoms with Gasteiger partial charge in [0, 0.05) is 11.1 Å². The van der Waals surface area contributed by atoms with E-state index in [0.29, 0.717) is 5.02 Å². The van der Waals surface area contributed by atoms with Gasteiger partial charge in [-0.2, -0.15) is 0 Å². The monoisotopic (exact) mass is 305 g/mol. The van der Waals surface area contributed by atoms with Gasteiger partial charge >= 0.3 is 0 Å². The van der Waals surface area contributed by atoms with Gasteiger partial charge in [0.1, 0.15) is 11.5 Å². The van der Waals surface area contributed by atoms with Gasteiger partial charge in [0.05, 0.1) is 14.2 Å². The molecule has 1 N–H and O–H groups in total. The topological polar surface area (TPSA) is 30.5 Å². The van der Waals surface area contributed by atoms with Crippen molar-refractivity contribution in [3.05, 3.63) is 58.6 Å². The fourth-order valence-electron chi connectivity index (χ4n) is 2.28. The molecule has 0 heterocycles. The molecule has 2 aromatic carbocycles. The van der Waals surface area contributed by atoms with E-state index in [2.05, 4.69) is 17.4 Å². The lowest BCUT2D eigenvalue weighted by Gasteiger charge is -2.19. The normalized spacial score (nSPS) is 12.0. The van der Waals surface area contributed by atoms with Gasteiger partial charge in [0.2, 0.25) is 0 Å². The fourth-order valence-corrected chi connectivity index (χ4v) is 2.58. The highest BCUT2D eigenvalue weighted by molar-refractivity contribution is 6.31. The number of hydrogen-bond donors (Lipinski definition) is 1. The molecular formula is C17H20ClNO2. The first-order chi connectivity index (χ1) is 10.2. The number of hydrogen-bond acceptors (Lipinski definition) is 3. The second-order valence-corrected chi connectivity index (χ2v) is 5.19. The standard InChI is InChI=1S/C17H20ClNO2/c1-19-17(10-12-4-6-13(20-2)7-5-12)15-9-8-14(21-3)11-16(15)18/h4-9,11,17,19H,10H2,1-3H3. The van der Waals surface area contributed by atoms with Gasteiger partial charge in [-0.3, -0.25) is 0 Å². The average molecular weight is 306 g/mol. The third kappa shape index (κ3) is 3.90. The molecule has 1 unspecified atom stereocenters. The van der Waals surface area contributed by atoms with E-state index in [-0.39, 0.29) is 6.04 Å². The number of rotatable bonds is 6. The molecule has 0 aromatic heterocycles. The maximum Gasteiger partial charge on any atom is 0.120 e. The van der Waals surface area contributed by atoms with Crippen LogP contribution >= 0.6 is 11.6 Å². The molecule has 0 saturated heterocycles. The summed E-state index contributed by atoms with van der Waals surface area (Å²) in [6.07, 6.45) is 0.854. The number of nitrogens with one attached hydrogen (secondary N) is 1. The summed E-state index contributed by atoms with van der Waals surface area (Å²) >= 11 is 6.36. The number of ether oxygens (including phenoxy) is 2. The molecule has 0 radical (unpaired) electrons. The Hall–Kier alpha value is -1.71. The zero-order valence-electron chi connectivity index (χ0n) is 12.5. The van der Waals surface area contributed by atoms with Gasteiger partial charge in [0.25, 0.3) is 0 Å². The molecule has 4 heteroatoms. The molecule has 0 bridgehead atoms. The van der Waals surface area contributed by atoms with Gasteiger partial charge in [-0.05, 0) is 48.9 Å². The molecule has 0 aliphatic carbocycles. The lowest BCUT2D eigenvalue weighted by Crippen LogP contribution is -2.19. The van der Waals surface area contributed by atoms with Crippen molar-refractivity contribution in [2.24, 2.45) is 0 Å². The molecule has 112 valence electrons. The first-order valence-electron chi connectivity index (χ1n) is 6.81. The van der Waals surface area contributed by atoms with Gasteiger partial charge in [-0.1, -0.05) is 29.8 Å². The molecule has 0 saturated carbocycles. The molecule has 0 aliphatic rings. The van der Waals surface area contributed by atoms with E-state index in [4.69, 9.17) is 21.1 Å². The highest BCUT2D eigenvalue weighted by Gasteiger charge is 2.14. The van der Waals surface area contributed by atoms with E-state index >= 15 is 0 Å². The molecule has 3 nitrogen and oxygen atoms in total. The summed E-state index contributed by atoms with van der Waals surface area (Å²) in [6.45, 7) is 0. The van der Waals surface area contributed by atoms with E-state index < -0.39 is 0 Å². The predicted octanol–water partition coefficient (Wildman–Crippen LogP) is 3.86.